The maximum Gasteiger partial charge on any atom is 0.134 e. The predicted octanol–water partition coefficient (Wildman–Crippen LogP) is 4.33. The van der Waals surface area contributed by atoms with Gasteiger partial charge in [-0.1, -0.05) is 30.3 Å². The van der Waals surface area contributed by atoms with Gasteiger partial charge in [-0.15, -0.1) is 0 Å². The van der Waals surface area contributed by atoms with E-state index in [2.05, 4.69) is 53.2 Å². The van der Waals surface area contributed by atoms with Gasteiger partial charge in [-0.2, -0.15) is 0 Å². The summed E-state index contributed by atoms with van der Waals surface area (Å²) in [6, 6.07) is 16.1. The number of furan rings is 1. The van der Waals surface area contributed by atoms with E-state index in [-0.39, 0.29) is 5.54 Å². The largest absolute Gasteiger partial charge is 0.464 e. The SMILES string of the molecule is CN1Cc2cc(C3(N4CCOCC4)CC3)ccc2C(c2ccc3ccoc3c2)C1. The first-order valence-electron chi connectivity index (χ1n) is 10.8. The molecular formula is C25H28N2O2. The summed E-state index contributed by atoms with van der Waals surface area (Å²) in [5, 5.41) is 1.18. The molecule has 2 fully saturated rings. The van der Waals surface area contributed by atoms with Gasteiger partial charge in [-0.05, 0) is 54.3 Å². The van der Waals surface area contributed by atoms with Crippen LogP contribution in [0.3, 0.4) is 0 Å². The smallest absolute Gasteiger partial charge is 0.134 e. The van der Waals surface area contributed by atoms with Crippen molar-refractivity contribution in [3.05, 3.63) is 71.0 Å². The van der Waals surface area contributed by atoms with Gasteiger partial charge in [0, 0.05) is 43.0 Å². The lowest BCUT2D eigenvalue weighted by Gasteiger charge is -2.37. The van der Waals surface area contributed by atoms with E-state index in [1.807, 2.05) is 6.07 Å². The standard InChI is InChI=1S/C25H28N2O2/c1-26-16-20-14-21(25(7-8-25)27-9-12-28-13-10-27)4-5-22(20)23(17-26)19-3-2-18-6-11-29-24(18)15-19/h2-6,11,14-15,23H,7-10,12-13,16-17H2,1H3. The highest BCUT2D eigenvalue weighted by Crippen LogP contribution is 2.52. The lowest BCUT2D eigenvalue weighted by molar-refractivity contribution is 0.00831. The molecule has 0 spiro atoms. The Morgan fingerprint density at radius 3 is 2.69 bits per heavy atom. The maximum atomic E-state index is 5.67. The van der Waals surface area contributed by atoms with Crippen LogP contribution < -0.4 is 0 Å². The monoisotopic (exact) mass is 388 g/mol. The number of benzene rings is 2. The van der Waals surface area contributed by atoms with Crippen molar-refractivity contribution in [2.24, 2.45) is 0 Å². The lowest BCUT2D eigenvalue weighted by Crippen LogP contribution is -2.43. The first-order valence-corrected chi connectivity index (χ1v) is 10.8. The number of morpholine rings is 1. The van der Waals surface area contributed by atoms with Crippen LogP contribution in [0.2, 0.25) is 0 Å². The molecule has 0 N–H and O–H groups in total. The van der Waals surface area contributed by atoms with Gasteiger partial charge in [0.2, 0.25) is 0 Å². The molecule has 4 heteroatoms. The molecule has 2 aliphatic heterocycles. The van der Waals surface area contributed by atoms with Gasteiger partial charge in [0.05, 0.1) is 19.5 Å². The van der Waals surface area contributed by atoms with Crippen LogP contribution in [0.15, 0.2) is 53.1 Å². The summed E-state index contributed by atoms with van der Waals surface area (Å²) in [5.74, 6) is 0.394. The van der Waals surface area contributed by atoms with Crippen molar-refractivity contribution >= 4 is 11.0 Å². The minimum Gasteiger partial charge on any atom is -0.464 e. The molecule has 1 aromatic heterocycles. The number of hydrogen-bond donors (Lipinski definition) is 0. The Morgan fingerprint density at radius 1 is 1.00 bits per heavy atom. The van der Waals surface area contributed by atoms with Crippen LogP contribution in [0.25, 0.3) is 11.0 Å². The summed E-state index contributed by atoms with van der Waals surface area (Å²) in [5.41, 5.74) is 7.07. The minimum atomic E-state index is 0.261. The van der Waals surface area contributed by atoms with Gasteiger partial charge >= 0.3 is 0 Å². The van der Waals surface area contributed by atoms with Crippen LogP contribution >= 0.6 is 0 Å². The predicted molar refractivity (Wildman–Crippen MR) is 114 cm³/mol. The molecule has 0 amide bonds. The highest BCUT2D eigenvalue weighted by molar-refractivity contribution is 5.78. The number of rotatable bonds is 3. The minimum absolute atomic E-state index is 0.261. The van der Waals surface area contributed by atoms with Crippen LogP contribution in [0.1, 0.15) is 41.0 Å². The fourth-order valence-corrected chi connectivity index (χ4v) is 5.51. The fraction of sp³-hybridized carbons (Fsp3) is 0.440. The van der Waals surface area contributed by atoms with E-state index in [1.165, 1.54) is 40.5 Å². The van der Waals surface area contributed by atoms with Gasteiger partial charge in [-0.3, -0.25) is 4.90 Å². The number of likely N-dealkylation sites (N-methyl/N-ethyl adjacent to an activating group) is 1. The molecule has 3 heterocycles. The maximum absolute atomic E-state index is 5.67. The topological polar surface area (TPSA) is 28.9 Å². The Hall–Kier alpha value is -2.14. The zero-order valence-corrected chi connectivity index (χ0v) is 17.1. The van der Waals surface area contributed by atoms with E-state index in [9.17, 15) is 0 Å². The van der Waals surface area contributed by atoms with Gasteiger partial charge in [0.25, 0.3) is 0 Å². The van der Waals surface area contributed by atoms with Crippen LogP contribution in [-0.2, 0) is 16.8 Å². The molecule has 1 saturated carbocycles. The van der Waals surface area contributed by atoms with Crippen molar-refractivity contribution in [3.8, 4) is 0 Å². The Morgan fingerprint density at radius 2 is 1.86 bits per heavy atom. The third kappa shape index (κ3) is 2.93. The van der Waals surface area contributed by atoms with Crippen LogP contribution in [0, 0.1) is 0 Å². The van der Waals surface area contributed by atoms with E-state index in [0.717, 1.165) is 45.0 Å². The van der Waals surface area contributed by atoms with Gasteiger partial charge < -0.3 is 14.1 Å². The summed E-state index contributed by atoms with van der Waals surface area (Å²) in [6.07, 6.45) is 4.34. The average molecular weight is 389 g/mol. The highest BCUT2D eigenvalue weighted by Gasteiger charge is 2.49. The molecule has 1 aliphatic carbocycles. The molecule has 1 unspecified atom stereocenters. The Labute approximate surface area is 172 Å². The van der Waals surface area contributed by atoms with Crippen molar-refractivity contribution < 1.29 is 9.15 Å². The molecule has 3 aromatic rings. The molecule has 1 saturated heterocycles. The Balaban J connectivity index is 1.37. The van der Waals surface area contributed by atoms with Crippen molar-refractivity contribution in [3.63, 3.8) is 0 Å². The summed E-state index contributed by atoms with van der Waals surface area (Å²) in [4.78, 5) is 5.12. The van der Waals surface area contributed by atoms with Crippen LogP contribution in [-0.4, -0.2) is 49.7 Å². The zero-order valence-electron chi connectivity index (χ0n) is 17.1. The number of fused-ring (bicyclic) bond motifs is 2. The third-order valence-electron chi connectivity index (χ3n) is 7.21. The lowest BCUT2D eigenvalue weighted by atomic mass is 9.83. The summed E-state index contributed by atoms with van der Waals surface area (Å²) >= 11 is 0. The van der Waals surface area contributed by atoms with Crippen molar-refractivity contribution in [2.45, 2.75) is 30.8 Å². The molecule has 29 heavy (non-hydrogen) atoms. The quantitative estimate of drug-likeness (QED) is 0.668. The van der Waals surface area contributed by atoms with Gasteiger partial charge in [-0.25, -0.2) is 0 Å². The second kappa shape index (κ2) is 6.69. The first-order chi connectivity index (χ1) is 14.2. The van der Waals surface area contributed by atoms with Crippen LogP contribution in [0.4, 0.5) is 0 Å². The van der Waals surface area contributed by atoms with E-state index in [4.69, 9.17) is 9.15 Å². The zero-order chi connectivity index (χ0) is 19.4. The molecule has 0 bridgehead atoms. The van der Waals surface area contributed by atoms with Gasteiger partial charge in [0.1, 0.15) is 5.58 Å². The second-order valence-corrected chi connectivity index (χ2v) is 9.01. The van der Waals surface area contributed by atoms with Crippen LogP contribution in [0.5, 0.6) is 0 Å². The molecule has 150 valence electrons. The normalized spacial score (nSPS) is 24.5. The highest BCUT2D eigenvalue weighted by atomic mass is 16.5. The van der Waals surface area contributed by atoms with E-state index >= 15 is 0 Å². The Kier molecular flexibility index (Phi) is 4.09. The van der Waals surface area contributed by atoms with E-state index in [1.54, 1.807) is 6.26 Å². The third-order valence-corrected chi connectivity index (χ3v) is 7.21. The van der Waals surface area contributed by atoms with Crippen molar-refractivity contribution in [1.82, 2.24) is 9.80 Å². The Bertz CT molecular complexity index is 1050. The first kappa shape index (κ1) is 17.7. The second-order valence-electron chi connectivity index (χ2n) is 9.01. The van der Waals surface area contributed by atoms with Crippen molar-refractivity contribution in [2.75, 3.05) is 39.9 Å². The molecule has 0 radical (unpaired) electrons. The average Bonchev–Trinajstić information content (AvgIpc) is 3.44. The molecule has 2 aromatic carbocycles. The molecular weight excluding hydrogens is 360 g/mol. The van der Waals surface area contributed by atoms with Crippen molar-refractivity contribution in [1.29, 1.82) is 0 Å². The molecule has 1 atom stereocenters. The summed E-state index contributed by atoms with van der Waals surface area (Å²) < 4.78 is 11.3. The summed E-state index contributed by atoms with van der Waals surface area (Å²) in [6.45, 7) is 5.93. The van der Waals surface area contributed by atoms with E-state index in [0.29, 0.717) is 5.92 Å². The molecule has 6 rings (SSSR count). The summed E-state index contributed by atoms with van der Waals surface area (Å²) in [7, 11) is 2.24. The number of hydrogen-bond acceptors (Lipinski definition) is 4. The number of ether oxygens (including phenoxy) is 1. The number of nitrogens with zero attached hydrogens (tertiary/aromatic N) is 2. The van der Waals surface area contributed by atoms with Gasteiger partial charge in [0.15, 0.2) is 0 Å². The fourth-order valence-electron chi connectivity index (χ4n) is 5.51. The molecule has 3 aliphatic rings. The van der Waals surface area contributed by atoms with E-state index < -0.39 is 0 Å². The molecule has 4 nitrogen and oxygen atoms in total.